The van der Waals surface area contributed by atoms with E-state index >= 15 is 0 Å². The molecular formula is C10H12KO5+. The van der Waals surface area contributed by atoms with Crippen molar-refractivity contribution in [1.82, 2.24) is 0 Å². The molecule has 0 aliphatic heterocycles. The van der Waals surface area contributed by atoms with Crippen molar-refractivity contribution in [3.8, 4) is 17.2 Å². The standard InChI is InChI=1S/C10H12O5.K/c1-2-3-15-10(14)6-4-7(11)9(13)8(12)5-6;/h4-5,11-13H,2-3H2,1H3;/q;+1. The van der Waals surface area contributed by atoms with Gasteiger partial charge in [0.05, 0.1) is 12.2 Å². The van der Waals surface area contributed by atoms with Crippen molar-refractivity contribution in [1.29, 1.82) is 0 Å². The molecule has 0 unspecified atom stereocenters. The van der Waals surface area contributed by atoms with Gasteiger partial charge in [0.2, 0.25) is 0 Å². The van der Waals surface area contributed by atoms with Gasteiger partial charge in [-0.05, 0) is 18.6 Å². The number of hydrogen-bond donors (Lipinski definition) is 3. The van der Waals surface area contributed by atoms with Gasteiger partial charge in [0.1, 0.15) is 0 Å². The summed E-state index contributed by atoms with van der Waals surface area (Å²) in [6.07, 6.45) is 0.682. The average Bonchev–Trinajstić information content (AvgIpc) is 2.21. The first kappa shape index (κ1) is 15.7. The van der Waals surface area contributed by atoms with Crippen molar-refractivity contribution in [2.75, 3.05) is 6.61 Å². The number of phenolic OH excluding ortho intramolecular Hbond substituents is 3. The van der Waals surface area contributed by atoms with Crippen molar-refractivity contribution >= 4 is 5.97 Å². The number of aromatic hydroxyl groups is 3. The summed E-state index contributed by atoms with van der Waals surface area (Å²) >= 11 is 0. The molecule has 0 aliphatic rings. The molecule has 3 N–H and O–H groups in total. The number of carbonyl (C=O) groups is 1. The summed E-state index contributed by atoms with van der Waals surface area (Å²) in [5.41, 5.74) is -0.00347. The first-order valence-electron chi connectivity index (χ1n) is 4.48. The Balaban J connectivity index is 0.00000225. The van der Waals surface area contributed by atoms with Gasteiger partial charge in [-0.25, -0.2) is 4.79 Å². The number of ether oxygens (including phenoxy) is 1. The third-order valence-corrected chi connectivity index (χ3v) is 1.74. The minimum absolute atomic E-state index is 0. The van der Waals surface area contributed by atoms with Gasteiger partial charge in [-0.3, -0.25) is 0 Å². The summed E-state index contributed by atoms with van der Waals surface area (Å²) in [5.74, 6) is -2.42. The van der Waals surface area contributed by atoms with E-state index in [1.807, 2.05) is 6.92 Å². The molecule has 5 nitrogen and oxygen atoms in total. The monoisotopic (exact) mass is 251 g/mol. The molecule has 0 aliphatic carbocycles. The largest absolute Gasteiger partial charge is 1.00 e. The van der Waals surface area contributed by atoms with E-state index in [9.17, 15) is 4.79 Å². The summed E-state index contributed by atoms with van der Waals surface area (Å²) in [7, 11) is 0. The zero-order chi connectivity index (χ0) is 11.4. The van der Waals surface area contributed by atoms with E-state index in [0.717, 1.165) is 12.1 Å². The molecule has 1 aromatic carbocycles. The third-order valence-electron chi connectivity index (χ3n) is 1.74. The van der Waals surface area contributed by atoms with Crippen molar-refractivity contribution in [2.24, 2.45) is 0 Å². The summed E-state index contributed by atoms with van der Waals surface area (Å²) in [5, 5.41) is 27.3. The first-order chi connectivity index (χ1) is 7.06. The predicted octanol–water partition coefficient (Wildman–Crippen LogP) is -1.63. The minimum Gasteiger partial charge on any atom is -0.504 e. The number of esters is 1. The number of hydrogen-bond acceptors (Lipinski definition) is 5. The zero-order valence-electron chi connectivity index (χ0n) is 9.23. The fourth-order valence-electron chi connectivity index (χ4n) is 1.00. The summed E-state index contributed by atoms with van der Waals surface area (Å²) in [4.78, 5) is 11.3. The summed E-state index contributed by atoms with van der Waals surface area (Å²) in [6, 6.07) is 2.07. The van der Waals surface area contributed by atoms with Gasteiger partial charge in [0.15, 0.2) is 17.2 Å². The number of phenols is 3. The van der Waals surface area contributed by atoms with E-state index in [0.29, 0.717) is 6.42 Å². The maximum atomic E-state index is 11.3. The summed E-state index contributed by atoms with van der Waals surface area (Å²) < 4.78 is 4.78. The van der Waals surface area contributed by atoms with Crippen molar-refractivity contribution in [3.05, 3.63) is 17.7 Å². The molecule has 0 amide bonds. The second-order valence-corrected chi connectivity index (χ2v) is 3.00. The van der Waals surface area contributed by atoms with Crippen LogP contribution in [0.15, 0.2) is 12.1 Å². The molecule has 0 heterocycles. The van der Waals surface area contributed by atoms with Crippen LogP contribution < -0.4 is 51.4 Å². The molecular weight excluding hydrogens is 239 g/mol. The zero-order valence-corrected chi connectivity index (χ0v) is 12.4. The Labute approximate surface area is 135 Å². The van der Waals surface area contributed by atoms with E-state index < -0.39 is 23.2 Å². The minimum atomic E-state index is -0.651. The maximum Gasteiger partial charge on any atom is 1.00 e. The molecule has 0 aromatic heterocycles. The van der Waals surface area contributed by atoms with E-state index in [-0.39, 0.29) is 63.6 Å². The Morgan fingerprint density at radius 3 is 2.19 bits per heavy atom. The molecule has 6 heteroatoms. The SMILES string of the molecule is CCCOC(=O)c1cc(O)c(O)c(O)c1.[K+]. The van der Waals surface area contributed by atoms with Crippen LogP contribution in [-0.4, -0.2) is 27.9 Å². The molecule has 0 fully saturated rings. The van der Waals surface area contributed by atoms with E-state index in [2.05, 4.69) is 0 Å². The van der Waals surface area contributed by atoms with Crippen LogP contribution in [0, 0.1) is 0 Å². The van der Waals surface area contributed by atoms with Crippen LogP contribution in [0.4, 0.5) is 0 Å². The molecule has 0 atom stereocenters. The quantitative estimate of drug-likeness (QED) is 0.341. The van der Waals surface area contributed by atoms with Gasteiger partial charge in [0, 0.05) is 0 Å². The van der Waals surface area contributed by atoms with Crippen LogP contribution in [0.1, 0.15) is 23.7 Å². The number of rotatable bonds is 3. The van der Waals surface area contributed by atoms with Crippen LogP contribution in [0.25, 0.3) is 0 Å². The van der Waals surface area contributed by atoms with Gasteiger partial charge in [-0.2, -0.15) is 0 Å². The molecule has 1 rings (SSSR count). The second-order valence-electron chi connectivity index (χ2n) is 3.00. The molecule has 0 bridgehead atoms. The number of benzene rings is 1. The Kier molecular flexibility index (Phi) is 7.01. The van der Waals surface area contributed by atoms with Crippen molar-refractivity contribution < 1.29 is 76.2 Å². The van der Waals surface area contributed by atoms with Crippen LogP contribution in [0.2, 0.25) is 0 Å². The van der Waals surface area contributed by atoms with Crippen molar-refractivity contribution in [3.63, 3.8) is 0 Å². The average molecular weight is 251 g/mol. The normalized spacial score (nSPS) is 9.31. The van der Waals surface area contributed by atoms with Gasteiger partial charge in [0.25, 0.3) is 0 Å². The molecule has 1 aromatic rings. The summed E-state index contributed by atoms with van der Waals surface area (Å²) in [6.45, 7) is 2.11. The van der Waals surface area contributed by atoms with E-state index in [4.69, 9.17) is 20.1 Å². The Hall–Kier alpha value is -0.274. The Morgan fingerprint density at radius 2 is 1.75 bits per heavy atom. The molecule has 0 spiro atoms. The topological polar surface area (TPSA) is 87.0 Å². The van der Waals surface area contributed by atoms with Gasteiger partial charge < -0.3 is 20.1 Å². The first-order valence-corrected chi connectivity index (χ1v) is 4.48. The fourth-order valence-corrected chi connectivity index (χ4v) is 1.00. The predicted molar refractivity (Wildman–Crippen MR) is 52.0 cm³/mol. The maximum absolute atomic E-state index is 11.3. The third kappa shape index (κ3) is 3.95. The Morgan fingerprint density at radius 1 is 1.25 bits per heavy atom. The smallest absolute Gasteiger partial charge is 0.504 e. The van der Waals surface area contributed by atoms with Gasteiger partial charge in [-0.1, -0.05) is 6.92 Å². The van der Waals surface area contributed by atoms with Gasteiger partial charge >= 0.3 is 57.4 Å². The molecule has 16 heavy (non-hydrogen) atoms. The van der Waals surface area contributed by atoms with Crippen LogP contribution in [0.5, 0.6) is 17.2 Å². The van der Waals surface area contributed by atoms with Crippen molar-refractivity contribution in [2.45, 2.75) is 13.3 Å². The van der Waals surface area contributed by atoms with Gasteiger partial charge in [-0.15, -0.1) is 0 Å². The second kappa shape index (κ2) is 7.13. The van der Waals surface area contributed by atoms with Crippen LogP contribution in [-0.2, 0) is 4.74 Å². The van der Waals surface area contributed by atoms with E-state index in [1.54, 1.807) is 0 Å². The van der Waals surface area contributed by atoms with E-state index in [1.165, 1.54) is 0 Å². The van der Waals surface area contributed by atoms with Crippen LogP contribution in [0.3, 0.4) is 0 Å². The van der Waals surface area contributed by atoms with Crippen LogP contribution >= 0.6 is 0 Å². The molecule has 0 saturated heterocycles. The fraction of sp³-hybridized carbons (Fsp3) is 0.300. The number of carbonyl (C=O) groups excluding carboxylic acids is 1. The molecule has 82 valence electrons. The Bertz CT molecular complexity index is 354. The molecule has 0 saturated carbocycles. The molecule has 0 radical (unpaired) electrons.